The zero-order chi connectivity index (χ0) is 16.0. The van der Waals surface area contributed by atoms with Gasteiger partial charge in [0.25, 0.3) is 0 Å². The van der Waals surface area contributed by atoms with Gasteiger partial charge >= 0.3 is 12.1 Å². The monoisotopic (exact) mass is 291 g/mol. The molecular weight excluding hydrogens is 270 g/mol. The Morgan fingerprint density at radius 1 is 1.29 bits per heavy atom. The number of hydrogen-bond acceptors (Lipinski definition) is 3. The van der Waals surface area contributed by atoms with Gasteiger partial charge in [-0.2, -0.15) is 0 Å². The molecule has 21 heavy (non-hydrogen) atoms. The highest BCUT2D eigenvalue weighted by Gasteiger charge is 2.40. The Morgan fingerprint density at radius 3 is 2.43 bits per heavy atom. The third kappa shape index (κ3) is 3.01. The molecule has 0 radical (unpaired) electrons. The summed E-state index contributed by atoms with van der Waals surface area (Å²) in [6.45, 7) is 9.91. The molecule has 0 aromatic heterocycles. The maximum atomic E-state index is 12.3. The molecule has 1 aromatic carbocycles. The number of ether oxygens (including phenoxy) is 1. The number of fused-ring (bicyclic) bond motifs is 1. The number of aromatic carboxylic acids is 1. The fraction of sp³-hybridized carbons (Fsp3) is 0.500. The van der Waals surface area contributed by atoms with Crippen LogP contribution in [0.4, 0.5) is 10.5 Å². The van der Waals surface area contributed by atoms with Crippen LogP contribution in [0.2, 0.25) is 0 Å². The highest BCUT2D eigenvalue weighted by atomic mass is 16.6. The van der Waals surface area contributed by atoms with E-state index >= 15 is 0 Å². The molecule has 114 valence electrons. The molecule has 1 aromatic rings. The van der Waals surface area contributed by atoms with Crippen LogP contribution in [0, 0.1) is 0 Å². The average molecular weight is 291 g/mol. The van der Waals surface area contributed by atoms with E-state index in [2.05, 4.69) is 0 Å². The number of nitrogens with zero attached hydrogens (tertiary/aromatic N) is 1. The Balaban J connectivity index is 2.40. The predicted octanol–water partition coefficient (Wildman–Crippen LogP) is 3.42. The molecule has 5 heteroatoms. The molecule has 5 nitrogen and oxygen atoms in total. The first-order valence-electron chi connectivity index (χ1n) is 6.90. The maximum Gasteiger partial charge on any atom is 0.414 e. The molecule has 0 bridgehead atoms. The van der Waals surface area contributed by atoms with Crippen molar-refractivity contribution in [2.24, 2.45) is 0 Å². The molecular formula is C16H21NO4. The molecule has 1 heterocycles. The van der Waals surface area contributed by atoms with Crippen molar-refractivity contribution in [3.8, 4) is 0 Å². The number of amides is 1. The summed E-state index contributed by atoms with van der Waals surface area (Å²) in [5.41, 5.74) is 0.934. The molecule has 0 saturated carbocycles. The summed E-state index contributed by atoms with van der Waals surface area (Å²) in [7, 11) is 0. The van der Waals surface area contributed by atoms with E-state index in [4.69, 9.17) is 9.84 Å². The van der Waals surface area contributed by atoms with Crippen molar-refractivity contribution in [3.63, 3.8) is 0 Å². The van der Waals surface area contributed by atoms with E-state index in [0.29, 0.717) is 6.54 Å². The van der Waals surface area contributed by atoms with Crippen LogP contribution in [0.5, 0.6) is 0 Å². The lowest BCUT2D eigenvalue weighted by Gasteiger charge is -2.25. The number of benzene rings is 1. The van der Waals surface area contributed by atoms with Crippen LogP contribution in [-0.2, 0) is 10.2 Å². The lowest BCUT2D eigenvalue weighted by atomic mass is 9.86. The summed E-state index contributed by atoms with van der Waals surface area (Å²) in [6.07, 6.45) is -0.405. The fourth-order valence-corrected chi connectivity index (χ4v) is 2.49. The van der Waals surface area contributed by atoms with Crippen molar-refractivity contribution >= 4 is 17.7 Å². The first-order chi connectivity index (χ1) is 9.51. The second-order valence-corrected chi connectivity index (χ2v) is 6.99. The molecule has 1 aliphatic rings. The number of carbonyl (C=O) groups excluding carboxylic acids is 1. The maximum absolute atomic E-state index is 12.3. The molecule has 0 unspecified atom stereocenters. The SMILES string of the molecule is CC(C)(C)OC(=O)N1CC(C)(C)c2cc(C(=O)O)ccc21. The molecule has 1 aliphatic heterocycles. The highest BCUT2D eigenvalue weighted by molar-refractivity contribution is 5.94. The van der Waals surface area contributed by atoms with Crippen LogP contribution in [0.15, 0.2) is 18.2 Å². The van der Waals surface area contributed by atoms with Crippen molar-refractivity contribution in [3.05, 3.63) is 29.3 Å². The van der Waals surface area contributed by atoms with Gasteiger partial charge in [0.15, 0.2) is 0 Å². The van der Waals surface area contributed by atoms with Gasteiger partial charge in [0.1, 0.15) is 5.60 Å². The lowest BCUT2D eigenvalue weighted by molar-refractivity contribution is 0.0578. The lowest BCUT2D eigenvalue weighted by Crippen LogP contribution is -2.38. The Labute approximate surface area is 124 Å². The second-order valence-electron chi connectivity index (χ2n) is 6.99. The van der Waals surface area contributed by atoms with Crippen molar-refractivity contribution < 1.29 is 19.4 Å². The minimum atomic E-state index is -0.968. The minimum Gasteiger partial charge on any atom is -0.478 e. The number of carbonyl (C=O) groups is 2. The minimum absolute atomic E-state index is 0.230. The third-order valence-electron chi connectivity index (χ3n) is 3.43. The van der Waals surface area contributed by atoms with Gasteiger partial charge in [0.2, 0.25) is 0 Å². The van der Waals surface area contributed by atoms with Crippen molar-refractivity contribution in [2.45, 2.75) is 45.6 Å². The summed E-state index contributed by atoms with van der Waals surface area (Å²) in [4.78, 5) is 25.0. The van der Waals surface area contributed by atoms with Gasteiger partial charge < -0.3 is 9.84 Å². The van der Waals surface area contributed by atoms with E-state index in [1.54, 1.807) is 17.0 Å². The van der Waals surface area contributed by atoms with E-state index < -0.39 is 17.7 Å². The molecule has 0 saturated heterocycles. The average Bonchev–Trinajstić information content (AvgIpc) is 2.59. The second kappa shape index (κ2) is 4.76. The standard InChI is InChI=1S/C16H21NO4/c1-15(2,3)21-14(20)17-9-16(4,5)11-8-10(13(18)19)6-7-12(11)17/h6-8H,9H2,1-5H3,(H,18,19). The summed E-state index contributed by atoms with van der Waals surface area (Å²) < 4.78 is 5.42. The van der Waals surface area contributed by atoms with Crippen LogP contribution in [0.1, 0.15) is 50.5 Å². The van der Waals surface area contributed by atoms with Gasteiger partial charge in [-0.25, -0.2) is 9.59 Å². The molecule has 1 N–H and O–H groups in total. The van der Waals surface area contributed by atoms with Crippen molar-refractivity contribution in [1.29, 1.82) is 0 Å². The Morgan fingerprint density at radius 2 is 1.90 bits per heavy atom. The van der Waals surface area contributed by atoms with Crippen molar-refractivity contribution in [1.82, 2.24) is 0 Å². The number of carboxylic acid groups (broad SMARTS) is 1. The summed E-state index contributed by atoms with van der Waals surface area (Å²) in [5.74, 6) is -0.968. The van der Waals surface area contributed by atoms with Crippen LogP contribution in [0.25, 0.3) is 0 Å². The predicted molar refractivity (Wildman–Crippen MR) is 80.0 cm³/mol. The first-order valence-corrected chi connectivity index (χ1v) is 6.90. The van der Waals surface area contributed by atoms with E-state index in [9.17, 15) is 9.59 Å². The highest BCUT2D eigenvalue weighted by Crippen LogP contribution is 2.41. The normalized spacial score (nSPS) is 16.5. The van der Waals surface area contributed by atoms with E-state index in [1.807, 2.05) is 34.6 Å². The number of hydrogen-bond donors (Lipinski definition) is 1. The molecule has 0 fully saturated rings. The fourth-order valence-electron chi connectivity index (χ4n) is 2.49. The molecule has 0 aliphatic carbocycles. The van der Waals surface area contributed by atoms with Crippen LogP contribution in [-0.4, -0.2) is 29.3 Å². The van der Waals surface area contributed by atoms with Gasteiger partial charge in [-0.15, -0.1) is 0 Å². The molecule has 0 spiro atoms. The molecule has 1 amide bonds. The molecule has 2 rings (SSSR count). The first kappa shape index (κ1) is 15.4. The van der Waals surface area contributed by atoms with Gasteiger partial charge in [-0.3, -0.25) is 4.90 Å². The van der Waals surface area contributed by atoms with Gasteiger partial charge in [-0.05, 0) is 44.5 Å². The Bertz CT molecular complexity index is 599. The number of carboxylic acids is 1. The Kier molecular flexibility index (Phi) is 3.48. The third-order valence-corrected chi connectivity index (χ3v) is 3.43. The largest absolute Gasteiger partial charge is 0.478 e. The van der Waals surface area contributed by atoms with Gasteiger partial charge in [0, 0.05) is 12.0 Å². The van der Waals surface area contributed by atoms with E-state index in [1.165, 1.54) is 6.07 Å². The topological polar surface area (TPSA) is 66.8 Å². The smallest absolute Gasteiger partial charge is 0.414 e. The number of rotatable bonds is 1. The summed E-state index contributed by atoms with van der Waals surface area (Å²) >= 11 is 0. The zero-order valence-corrected chi connectivity index (χ0v) is 13.1. The number of anilines is 1. The van der Waals surface area contributed by atoms with Crippen molar-refractivity contribution in [2.75, 3.05) is 11.4 Å². The van der Waals surface area contributed by atoms with Gasteiger partial charge in [-0.1, -0.05) is 13.8 Å². The Hall–Kier alpha value is -2.04. The van der Waals surface area contributed by atoms with E-state index in [-0.39, 0.29) is 11.0 Å². The van der Waals surface area contributed by atoms with Crippen LogP contribution in [0.3, 0.4) is 0 Å². The summed E-state index contributed by atoms with van der Waals surface area (Å²) in [5, 5.41) is 9.11. The van der Waals surface area contributed by atoms with Gasteiger partial charge in [0.05, 0.1) is 11.3 Å². The quantitative estimate of drug-likeness (QED) is 0.861. The van der Waals surface area contributed by atoms with E-state index in [0.717, 1.165) is 11.3 Å². The zero-order valence-electron chi connectivity index (χ0n) is 13.1. The summed E-state index contributed by atoms with van der Waals surface area (Å²) in [6, 6.07) is 4.83. The van der Waals surface area contributed by atoms with Crippen LogP contribution < -0.4 is 4.90 Å². The molecule has 0 atom stereocenters. The van der Waals surface area contributed by atoms with Crippen LogP contribution >= 0.6 is 0 Å².